The highest BCUT2D eigenvalue weighted by Gasteiger charge is 2.30. The Morgan fingerprint density at radius 2 is 2.19 bits per heavy atom. The summed E-state index contributed by atoms with van der Waals surface area (Å²) in [4.78, 5) is 26.7. The monoisotopic (exact) mass is 226 g/mol. The molecule has 2 heterocycles. The normalized spacial score (nSPS) is 25.6. The van der Waals surface area contributed by atoms with Crippen molar-refractivity contribution in [1.29, 1.82) is 0 Å². The minimum absolute atomic E-state index is 0.0215. The van der Waals surface area contributed by atoms with Gasteiger partial charge in [-0.25, -0.2) is 0 Å². The number of carbonyl (C=O) groups is 2. The SMILES string of the molecule is O=C1CCCN1CC(=O)N1CCC[C@H]1CO. The van der Waals surface area contributed by atoms with E-state index in [9.17, 15) is 9.59 Å². The number of nitrogens with zero attached hydrogens (tertiary/aromatic N) is 2. The maximum Gasteiger partial charge on any atom is 0.242 e. The van der Waals surface area contributed by atoms with Crippen molar-refractivity contribution in [3.05, 3.63) is 0 Å². The van der Waals surface area contributed by atoms with Crippen molar-refractivity contribution < 1.29 is 14.7 Å². The molecule has 5 heteroatoms. The fourth-order valence-corrected chi connectivity index (χ4v) is 2.48. The highest BCUT2D eigenvalue weighted by molar-refractivity contribution is 5.86. The van der Waals surface area contributed by atoms with Gasteiger partial charge in [0, 0.05) is 19.5 Å². The fourth-order valence-electron chi connectivity index (χ4n) is 2.48. The smallest absolute Gasteiger partial charge is 0.242 e. The van der Waals surface area contributed by atoms with E-state index in [2.05, 4.69) is 0 Å². The van der Waals surface area contributed by atoms with Gasteiger partial charge in [0.15, 0.2) is 0 Å². The van der Waals surface area contributed by atoms with Gasteiger partial charge in [0.1, 0.15) is 0 Å². The van der Waals surface area contributed by atoms with Gasteiger partial charge in [-0.05, 0) is 19.3 Å². The Hall–Kier alpha value is -1.10. The van der Waals surface area contributed by atoms with Crippen LogP contribution in [0.25, 0.3) is 0 Å². The molecular formula is C11H18N2O3. The highest BCUT2D eigenvalue weighted by atomic mass is 16.3. The van der Waals surface area contributed by atoms with Crippen molar-refractivity contribution >= 4 is 11.8 Å². The Labute approximate surface area is 95.0 Å². The van der Waals surface area contributed by atoms with E-state index in [1.165, 1.54) is 0 Å². The average Bonchev–Trinajstić information content (AvgIpc) is 2.87. The molecule has 5 nitrogen and oxygen atoms in total. The molecule has 0 saturated carbocycles. The number of amides is 2. The van der Waals surface area contributed by atoms with Gasteiger partial charge in [-0.1, -0.05) is 0 Å². The van der Waals surface area contributed by atoms with Crippen LogP contribution in [0.3, 0.4) is 0 Å². The van der Waals surface area contributed by atoms with Gasteiger partial charge < -0.3 is 14.9 Å². The summed E-state index contributed by atoms with van der Waals surface area (Å²) in [7, 11) is 0. The third kappa shape index (κ3) is 2.19. The second-order valence-corrected chi connectivity index (χ2v) is 4.48. The minimum Gasteiger partial charge on any atom is -0.394 e. The van der Waals surface area contributed by atoms with E-state index < -0.39 is 0 Å². The summed E-state index contributed by atoms with van der Waals surface area (Å²) >= 11 is 0. The number of carbonyl (C=O) groups excluding carboxylic acids is 2. The van der Waals surface area contributed by atoms with Crippen LogP contribution in [0.5, 0.6) is 0 Å². The fraction of sp³-hybridized carbons (Fsp3) is 0.818. The first-order chi connectivity index (χ1) is 7.72. The second kappa shape index (κ2) is 4.82. The first-order valence-electron chi connectivity index (χ1n) is 5.90. The molecule has 0 aromatic heterocycles. The molecule has 0 unspecified atom stereocenters. The van der Waals surface area contributed by atoms with Gasteiger partial charge in [0.05, 0.1) is 19.2 Å². The molecule has 0 aliphatic carbocycles. The van der Waals surface area contributed by atoms with Crippen LogP contribution in [0, 0.1) is 0 Å². The molecule has 0 aromatic rings. The Balaban J connectivity index is 1.89. The first kappa shape index (κ1) is 11.4. The third-order valence-corrected chi connectivity index (χ3v) is 3.41. The number of aliphatic hydroxyl groups is 1. The summed E-state index contributed by atoms with van der Waals surface area (Å²) in [5.74, 6) is 0.0555. The number of aliphatic hydroxyl groups excluding tert-OH is 1. The van der Waals surface area contributed by atoms with Crippen LogP contribution in [0.2, 0.25) is 0 Å². The predicted molar refractivity (Wildman–Crippen MR) is 57.6 cm³/mol. The zero-order valence-electron chi connectivity index (χ0n) is 9.39. The third-order valence-electron chi connectivity index (χ3n) is 3.41. The molecule has 1 N–H and O–H groups in total. The summed E-state index contributed by atoms with van der Waals surface area (Å²) in [5, 5.41) is 9.12. The van der Waals surface area contributed by atoms with Crippen LogP contribution in [0.15, 0.2) is 0 Å². The Kier molecular flexibility index (Phi) is 3.43. The quantitative estimate of drug-likeness (QED) is 0.712. The van der Waals surface area contributed by atoms with Crippen molar-refractivity contribution in [3.8, 4) is 0 Å². The van der Waals surface area contributed by atoms with E-state index in [1.807, 2.05) is 0 Å². The standard InChI is InChI=1S/C11H18N2O3/c14-8-9-3-1-6-13(9)11(16)7-12-5-2-4-10(12)15/h9,14H,1-8H2/t9-/m0/s1. The van der Waals surface area contributed by atoms with E-state index in [1.54, 1.807) is 9.80 Å². The van der Waals surface area contributed by atoms with E-state index in [-0.39, 0.29) is 31.0 Å². The predicted octanol–water partition coefficient (Wildman–Crippen LogP) is -0.408. The van der Waals surface area contributed by atoms with E-state index >= 15 is 0 Å². The molecule has 2 aliphatic rings. The summed E-state index contributed by atoms with van der Waals surface area (Å²) in [5.41, 5.74) is 0. The van der Waals surface area contributed by atoms with Crippen LogP contribution in [0.4, 0.5) is 0 Å². The molecule has 0 aromatic carbocycles. The van der Waals surface area contributed by atoms with Crippen molar-refractivity contribution in [1.82, 2.24) is 9.80 Å². The molecule has 0 bridgehead atoms. The molecule has 0 spiro atoms. The molecule has 0 radical (unpaired) electrons. The van der Waals surface area contributed by atoms with Gasteiger partial charge >= 0.3 is 0 Å². The number of likely N-dealkylation sites (tertiary alicyclic amines) is 2. The number of hydrogen-bond acceptors (Lipinski definition) is 3. The van der Waals surface area contributed by atoms with Gasteiger partial charge in [-0.3, -0.25) is 9.59 Å². The van der Waals surface area contributed by atoms with Crippen LogP contribution in [-0.2, 0) is 9.59 Å². The van der Waals surface area contributed by atoms with E-state index in [4.69, 9.17) is 5.11 Å². The number of rotatable bonds is 3. The summed E-state index contributed by atoms with van der Waals surface area (Å²) in [6.45, 7) is 1.63. The molecule has 2 amide bonds. The van der Waals surface area contributed by atoms with Crippen LogP contribution in [0.1, 0.15) is 25.7 Å². The van der Waals surface area contributed by atoms with Gasteiger partial charge in [-0.2, -0.15) is 0 Å². The molecule has 2 saturated heterocycles. The molecule has 2 rings (SSSR count). The zero-order valence-corrected chi connectivity index (χ0v) is 9.39. The molecule has 90 valence electrons. The molecule has 2 aliphatic heterocycles. The van der Waals surface area contributed by atoms with Crippen molar-refractivity contribution in [2.45, 2.75) is 31.7 Å². The zero-order chi connectivity index (χ0) is 11.5. The van der Waals surface area contributed by atoms with Gasteiger partial charge in [-0.15, -0.1) is 0 Å². The van der Waals surface area contributed by atoms with Crippen molar-refractivity contribution in [2.24, 2.45) is 0 Å². The lowest BCUT2D eigenvalue weighted by atomic mass is 10.2. The lowest BCUT2D eigenvalue weighted by Gasteiger charge is -2.25. The lowest BCUT2D eigenvalue weighted by Crippen LogP contribution is -2.44. The molecule has 2 fully saturated rings. The van der Waals surface area contributed by atoms with Crippen LogP contribution >= 0.6 is 0 Å². The molecule has 16 heavy (non-hydrogen) atoms. The summed E-state index contributed by atoms with van der Waals surface area (Å²) in [6.07, 6.45) is 3.24. The topological polar surface area (TPSA) is 60.9 Å². The van der Waals surface area contributed by atoms with Crippen LogP contribution in [-0.4, -0.2) is 59.0 Å². The summed E-state index contributed by atoms with van der Waals surface area (Å²) in [6, 6.07) is -0.0368. The second-order valence-electron chi connectivity index (χ2n) is 4.48. The van der Waals surface area contributed by atoms with Gasteiger partial charge in [0.25, 0.3) is 0 Å². The maximum atomic E-state index is 11.9. The van der Waals surface area contributed by atoms with Gasteiger partial charge in [0.2, 0.25) is 11.8 Å². The first-order valence-corrected chi connectivity index (χ1v) is 5.90. The van der Waals surface area contributed by atoms with Crippen molar-refractivity contribution in [3.63, 3.8) is 0 Å². The molecule has 1 atom stereocenters. The minimum atomic E-state index is -0.0368. The van der Waals surface area contributed by atoms with Crippen molar-refractivity contribution in [2.75, 3.05) is 26.2 Å². The Morgan fingerprint density at radius 1 is 1.38 bits per heavy atom. The van der Waals surface area contributed by atoms with E-state index in [0.717, 1.165) is 19.3 Å². The summed E-state index contributed by atoms with van der Waals surface area (Å²) < 4.78 is 0. The lowest BCUT2D eigenvalue weighted by molar-refractivity contribution is -0.139. The maximum absolute atomic E-state index is 11.9. The number of hydrogen-bond donors (Lipinski definition) is 1. The van der Waals surface area contributed by atoms with E-state index in [0.29, 0.717) is 19.5 Å². The largest absolute Gasteiger partial charge is 0.394 e. The van der Waals surface area contributed by atoms with Crippen LogP contribution < -0.4 is 0 Å². The average molecular weight is 226 g/mol. The Morgan fingerprint density at radius 3 is 2.81 bits per heavy atom. The highest BCUT2D eigenvalue weighted by Crippen LogP contribution is 2.18. The Bertz CT molecular complexity index is 293. The molecular weight excluding hydrogens is 208 g/mol.